The molecule has 0 saturated carbocycles. The van der Waals surface area contributed by atoms with Gasteiger partial charge in [0, 0.05) is 32.2 Å². The molecule has 1 atom stereocenters. The Labute approximate surface area is 112 Å². The largest absolute Gasteiger partial charge is 0.395 e. The van der Waals surface area contributed by atoms with Crippen LogP contribution in [-0.4, -0.2) is 54.2 Å². The monoisotopic (exact) mass is 272 g/mol. The summed E-state index contributed by atoms with van der Waals surface area (Å²) in [6, 6.07) is 5.00. The fourth-order valence-electron chi connectivity index (χ4n) is 2.25. The molecule has 0 bridgehead atoms. The second-order valence-electron chi connectivity index (χ2n) is 4.80. The Kier molecular flexibility index (Phi) is 4.56. The average Bonchev–Trinajstić information content (AvgIpc) is 2.36. The summed E-state index contributed by atoms with van der Waals surface area (Å²) in [5.41, 5.74) is 1.00. The fraction of sp³-hybridized carbons (Fsp3) is 0.538. The van der Waals surface area contributed by atoms with Crippen molar-refractivity contribution in [2.75, 3.05) is 33.3 Å². The van der Waals surface area contributed by atoms with E-state index in [0.717, 1.165) is 31.7 Å². The predicted molar refractivity (Wildman–Crippen MR) is 70.2 cm³/mol. The topological polar surface area (TPSA) is 26.7 Å². The van der Waals surface area contributed by atoms with Gasteiger partial charge in [-0.05, 0) is 24.7 Å². The highest BCUT2D eigenvalue weighted by Crippen LogP contribution is 2.18. The fourth-order valence-corrected chi connectivity index (χ4v) is 2.45. The first kappa shape index (κ1) is 13.7. The lowest BCUT2D eigenvalue weighted by Crippen LogP contribution is -2.52. The third kappa shape index (κ3) is 3.20. The molecule has 2 rings (SSSR count). The molecule has 18 heavy (non-hydrogen) atoms. The van der Waals surface area contributed by atoms with Gasteiger partial charge in [0.05, 0.1) is 11.6 Å². The van der Waals surface area contributed by atoms with Crippen LogP contribution >= 0.6 is 11.6 Å². The van der Waals surface area contributed by atoms with E-state index in [-0.39, 0.29) is 23.5 Å². The van der Waals surface area contributed by atoms with Crippen LogP contribution in [-0.2, 0) is 6.54 Å². The van der Waals surface area contributed by atoms with Gasteiger partial charge in [0.25, 0.3) is 0 Å². The quantitative estimate of drug-likeness (QED) is 0.905. The summed E-state index contributed by atoms with van der Waals surface area (Å²) in [4.78, 5) is 4.42. The summed E-state index contributed by atoms with van der Waals surface area (Å²) >= 11 is 5.77. The molecule has 0 amide bonds. The minimum absolute atomic E-state index is 0.164. The minimum Gasteiger partial charge on any atom is -0.395 e. The van der Waals surface area contributed by atoms with Crippen LogP contribution in [0.5, 0.6) is 0 Å². The maximum absolute atomic E-state index is 13.1. The van der Waals surface area contributed by atoms with Gasteiger partial charge in [-0.1, -0.05) is 17.7 Å². The van der Waals surface area contributed by atoms with E-state index in [0.29, 0.717) is 0 Å². The van der Waals surface area contributed by atoms with Gasteiger partial charge in [-0.3, -0.25) is 9.80 Å². The van der Waals surface area contributed by atoms with E-state index in [9.17, 15) is 9.50 Å². The van der Waals surface area contributed by atoms with E-state index in [1.807, 2.05) is 7.05 Å². The molecular weight excluding hydrogens is 255 g/mol. The highest BCUT2D eigenvalue weighted by Gasteiger charge is 2.23. The molecule has 3 nitrogen and oxygen atoms in total. The van der Waals surface area contributed by atoms with Crippen LogP contribution in [0, 0.1) is 5.82 Å². The molecule has 0 radical (unpaired) electrons. The number of rotatable bonds is 3. The number of hydrogen-bond donors (Lipinski definition) is 1. The molecule has 1 N–H and O–H groups in total. The minimum atomic E-state index is -0.382. The molecular formula is C13H18ClFN2O. The molecule has 100 valence electrons. The molecule has 1 saturated heterocycles. The van der Waals surface area contributed by atoms with Crippen LogP contribution in [0.15, 0.2) is 18.2 Å². The first-order chi connectivity index (χ1) is 8.60. The maximum atomic E-state index is 13.1. The summed E-state index contributed by atoms with van der Waals surface area (Å²) in [5, 5.41) is 9.45. The van der Waals surface area contributed by atoms with Gasteiger partial charge < -0.3 is 5.11 Å². The van der Waals surface area contributed by atoms with Gasteiger partial charge in [0.15, 0.2) is 0 Å². The number of hydrogen-bond acceptors (Lipinski definition) is 3. The lowest BCUT2D eigenvalue weighted by atomic mass is 10.1. The molecule has 1 heterocycles. The normalized spacial score (nSPS) is 22.3. The van der Waals surface area contributed by atoms with E-state index >= 15 is 0 Å². The van der Waals surface area contributed by atoms with Crippen LogP contribution in [0.25, 0.3) is 0 Å². The molecule has 1 fully saturated rings. The zero-order chi connectivity index (χ0) is 13.1. The van der Waals surface area contributed by atoms with Crippen molar-refractivity contribution in [3.05, 3.63) is 34.6 Å². The second kappa shape index (κ2) is 5.97. The Bertz CT molecular complexity index is 416. The molecule has 1 aliphatic rings. The Morgan fingerprint density at radius 2 is 2.22 bits per heavy atom. The van der Waals surface area contributed by atoms with Gasteiger partial charge in [0.2, 0.25) is 0 Å². The van der Waals surface area contributed by atoms with Crippen molar-refractivity contribution in [2.24, 2.45) is 0 Å². The number of aliphatic hydroxyl groups excluding tert-OH is 1. The van der Waals surface area contributed by atoms with Crippen molar-refractivity contribution in [1.82, 2.24) is 9.80 Å². The summed E-state index contributed by atoms with van der Waals surface area (Å²) in [6.45, 7) is 3.60. The smallest absolute Gasteiger partial charge is 0.141 e. The van der Waals surface area contributed by atoms with Gasteiger partial charge in [-0.15, -0.1) is 0 Å². The number of likely N-dealkylation sites (N-methyl/N-ethyl adjacent to an activating group) is 1. The lowest BCUT2D eigenvalue weighted by molar-refractivity contribution is 0.0540. The Hall–Kier alpha value is -0.680. The third-order valence-corrected chi connectivity index (χ3v) is 3.75. The molecule has 0 unspecified atom stereocenters. The number of aliphatic hydroxyl groups is 1. The summed E-state index contributed by atoms with van der Waals surface area (Å²) in [5.74, 6) is -0.382. The van der Waals surface area contributed by atoms with Crippen LogP contribution in [0.3, 0.4) is 0 Å². The van der Waals surface area contributed by atoms with Crippen molar-refractivity contribution < 1.29 is 9.50 Å². The van der Waals surface area contributed by atoms with Crippen molar-refractivity contribution >= 4 is 11.6 Å². The first-order valence-electron chi connectivity index (χ1n) is 6.07. The van der Waals surface area contributed by atoms with E-state index in [1.165, 1.54) is 6.07 Å². The average molecular weight is 273 g/mol. The van der Waals surface area contributed by atoms with Gasteiger partial charge in [-0.25, -0.2) is 4.39 Å². The van der Waals surface area contributed by atoms with Gasteiger partial charge >= 0.3 is 0 Å². The van der Waals surface area contributed by atoms with Crippen molar-refractivity contribution in [3.63, 3.8) is 0 Å². The molecule has 0 aliphatic carbocycles. The Balaban J connectivity index is 1.99. The highest BCUT2D eigenvalue weighted by atomic mass is 35.5. The molecule has 1 aliphatic heterocycles. The molecule has 0 aromatic heterocycles. The first-order valence-corrected chi connectivity index (χ1v) is 6.45. The van der Waals surface area contributed by atoms with E-state index in [4.69, 9.17) is 11.6 Å². The summed E-state index contributed by atoms with van der Waals surface area (Å²) in [6.07, 6.45) is 0. The van der Waals surface area contributed by atoms with Crippen LogP contribution in [0.1, 0.15) is 5.56 Å². The van der Waals surface area contributed by atoms with E-state index < -0.39 is 0 Å². The molecule has 1 aromatic rings. The maximum Gasteiger partial charge on any atom is 0.141 e. The number of piperazine rings is 1. The van der Waals surface area contributed by atoms with Gasteiger partial charge in [-0.2, -0.15) is 0 Å². The zero-order valence-electron chi connectivity index (χ0n) is 10.4. The van der Waals surface area contributed by atoms with Crippen LogP contribution in [0.4, 0.5) is 4.39 Å². The predicted octanol–water partition coefficient (Wildman–Crippen LogP) is 1.59. The van der Waals surface area contributed by atoms with E-state index in [2.05, 4.69) is 9.80 Å². The lowest BCUT2D eigenvalue weighted by Gasteiger charge is -2.38. The second-order valence-corrected chi connectivity index (χ2v) is 5.21. The van der Waals surface area contributed by atoms with Crippen molar-refractivity contribution in [1.29, 1.82) is 0 Å². The molecule has 0 spiro atoms. The SMILES string of the molecule is CN1CCN(Cc2ccc(F)c(Cl)c2)C[C@H]1CO. The van der Waals surface area contributed by atoms with Crippen molar-refractivity contribution in [3.8, 4) is 0 Å². The molecule has 5 heteroatoms. The van der Waals surface area contributed by atoms with Gasteiger partial charge in [0.1, 0.15) is 5.82 Å². The number of halogens is 2. The zero-order valence-corrected chi connectivity index (χ0v) is 11.2. The molecule has 1 aromatic carbocycles. The summed E-state index contributed by atoms with van der Waals surface area (Å²) in [7, 11) is 2.02. The third-order valence-electron chi connectivity index (χ3n) is 3.46. The number of nitrogens with zero attached hydrogens (tertiary/aromatic N) is 2. The Morgan fingerprint density at radius 1 is 1.44 bits per heavy atom. The number of benzene rings is 1. The van der Waals surface area contributed by atoms with E-state index in [1.54, 1.807) is 12.1 Å². The van der Waals surface area contributed by atoms with Crippen LogP contribution in [0.2, 0.25) is 5.02 Å². The van der Waals surface area contributed by atoms with Crippen LogP contribution < -0.4 is 0 Å². The highest BCUT2D eigenvalue weighted by molar-refractivity contribution is 6.30. The Morgan fingerprint density at radius 3 is 2.89 bits per heavy atom. The van der Waals surface area contributed by atoms with Crippen molar-refractivity contribution in [2.45, 2.75) is 12.6 Å². The standard InChI is InChI=1S/C13H18ClFN2O/c1-16-4-5-17(8-11(16)9-18)7-10-2-3-13(15)12(14)6-10/h2-3,6,11,18H,4-5,7-9H2,1H3/t11-/m0/s1. The summed E-state index contributed by atoms with van der Waals surface area (Å²) < 4.78 is 13.1.